The largest absolute Gasteiger partial charge is 0.393 e. The number of carbonyl (C=O) groups is 2. The molecule has 6 heteroatoms. The van der Waals surface area contributed by atoms with Crippen LogP contribution in [0, 0.1) is 6.92 Å². The lowest BCUT2D eigenvalue weighted by Gasteiger charge is -2.03. The predicted molar refractivity (Wildman–Crippen MR) is 51.4 cm³/mol. The Hall–Kier alpha value is -1.36. The van der Waals surface area contributed by atoms with Gasteiger partial charge >= 0.3 is 11.9 Å². The van der Waals surface area contributed by atoms with Crippen LogP contribution in [0.1, 0.15) is 23.6 Å². The Morgan fingerprint density at radius 2 is 2.20 bits per heavy atom. The summed E-state index contributed by atoms with van der Waals surface area (Å²) in [4.78, 5) is 22.3. The van der Waals surface area contributed by atoms with Crippen LogP contribution in [0.5, 0.6) is 0 Å². The number of hydrogen-bond acceptors (Lipinski definition) is 4. The fourth-order valence-corrected chi connectivity index (χ4v) is 2.04. The molecule has 0 radical (unpaired) electrons. The first kappa shape index (κ1) is 10.2. The molecule has 5 nitrogen and oxygen atoms in total. The second kappa shape index (κ2) is 3.34. The molecule has 0 bridgehead atoms. The van der Waals surface area contributed by atoms with E-state index in [1.807, 2.05) is 0 Å². The number of aromatic nitrogens is 2. The highest BCUT2D eigenvalue weighted by molar-refractivity contribution is 6.30. The van der Waals surface area contributed by atoms with Crippen LogP contribution in [0.15, 0.2) is 0 Å². The van der Waals surface area contributed by atoms with Crippen molar-refractivity contribution >= 4 is 23.5 Å². The molecule has 2 heterocycles. The highest BCUT2D eigenvalue weighted by Gasteiger charge is 2.38. The van der Waals surface area contributed by atoms with Crippen LogP contribution in [0.2, 0.25) is 5.15 Å². The summed E-state index contributed by atoms with van der Waals surface area (Å²) in [7, 11) is 1.68. The van der Waals surface area contributed by atoms with Crippen molar-refractivity contribution in [1.82, 2.24) is 9.78 Å². The fourth-order valence-electron chi connectivity index (χ4n) is 1.74. The molecule has 1 aromatic rings. The van der Waals surface area contributed by atoms with Crippen molar-refractivity contribution in [2.24, 2.45) is 7.05 Å². The zero-order valence-electron chi connectivity index (χ0n) is 8.28. The molecule has 0 aliphatic carbocycles. The number of aryl methyl sites for hydroxylation is 2. The Labute approximate surface area is 91.0 Å². The average molecular weight is 229 g/mol. The summed E-state index contributed by atoms with van der Waals surface area (Å²) in [6.45, 7) is 1.75. The minimum Gasteiger partial charge on any atom is -0.393 e. The van der Waals surface area contributed by atoms with E-state index in [2.05, 4.69) is 9.84 Å². The van der Waals surface area contributed by atoms with Gasteiger partial charge in [-0.25, -0.2) is 0 Å². The molecule has 1 fully saturated rings. The lowest BCUT2D eigenvalue weighted by atomic mass is 9.99. The fraction of sp³-hybridized carbons (Fsp3) is 0.444. The van der Waals surface area contributed by atoms with Crippen LogP contribution in [-0.4, -0.2) is 21.7 Å². The molecule has 80 valence electrons. The average Bonchev–Trinajstić information content (AvgIpc) is 2.56. The second-order valence-corrected chi connectivity index (χ2v) is 3.82. The van der Waals surface area contributed by atoms with Crippen LogP contribution in [0.4, 0.5) is 0 Å². The summed E-state index contributed by atoms with van der Waals surface area (Å²) >= 11 is 5.99. The molecule has 1 saturated heterocycles. The Morgan fingerprint density at radius 1 is 1.53 bits per heavy atom. The quantitative estimate of drug-likeness (QED) is 0.530. The summed E-state index contributed by atoms with van der Waals surface area (Å²) in [5.74, 6) is -1.65. The first-order valence-electron chi connectivity index (χ1n) is 4.44. The van der Waals surface area contributed by atoms with Gasteiger partial charge in [-0.3, -0.25) is 14.3 Å². The highest BCUT2D eigenvalue weighted by Crippen LogP contribution is 2.34. The minimum absolute atomic E-state index is 0.0467. The Morgan fingerprint density at radius 3 is 2.60 bits per heavy atom. The Bertz CT molecular complexity index is 452. The van der Waals surface area contributed by atoms with Crippen LogP contribution >= 0.6 is 11.6 Å². The number of ether oxygens (including phenoxy) is 1. The molecule has 0 saturated carbocycles. The van der Waals surface area contributed by atoms with E-state index in [1.165, 1.54) is 4.68 Å². The van der Waals surface area contributed by atoms with Crippen molar-refractivity contribution in [3.8, 4) is 0 Å². The number of esters is 2. The molecule has 0 N–H and O–H groups in total. The number of carbonyl (C=O) groups excluding carboxylic acids is 2. The van der Waals surface area contributed by atoms with Crippen LogP contribution in [0.3, 0.4) is 0 Å². The maximum Gasteiger partial charge on any atom is 0.321 e. The van der Waals surface area contributed by atoms with Gasteiger partial charge in [0.1, 0.15) is 5.15 Å². The van der Waals surface area contributed by atoms with Gasteiger partial charge in [-0.1, -0.05) is 11.6 Å². The van der Waals surface area contributed by atoms with Crippen molar-refractivity contribution in [1.29, 1.82) is 0 Å². The van der Waals surface area contributed by atoms with Gasteiger partial charge < -0.3 is 4.74 Å². The molecule has 0 spiro atoms. The Balaban J connectivity index is 2.46. The van der Waals surface area contributed by atoms with Gasteiger partial charge in [0.05, 0.1) is 18.0 Å². The normalized spacial score (nSPS) is 20.9. The molecule has 15 heavy (non-hydrogen) atoms. The van der Waals surface area contributed by atoms with Crippen LogP contribution < -0.4 is 0 Å². The van der Waals surface area contributed by atoms with Crippen molar-refractivity contribution in [3.63, 3.8) is 0 Å². The first-order valence-corrected chi connectivity index (χ1v) is 4.82. The third kappa shape index (κ3) is 1.52. The third-order valence-electron chi connectivity index (χ3n) is 2.41. The monoisotopic (exact) mass is 228 g/mol. The van der Waals surface area contributed by atoms with E-state index >= 15 is 0 Å². The minimum atomic E-state index is -0.598. The van der Waals surface area contributed by atoms with Crippen molar-refractivity contribution in [3.05, 3.63) is 16.4 Å². The number of rotatable bonds is 1. The van der Waals surface area contributed by atoms with Gasteiger partial charge in [-0.05, 0) is 6.92 Å². The summed E-state index contributed by atoms with van der Waals surface area (Å²) < 4.78 is 5.95. The molecular weight excluding hydrogens is 220 g/mol. The number of nitrogens with zero attached hydrogens (tertiary/aromatic N) is 2. The smallest absolute Gasteiger partial charge is 0.321 e. The molecular formula is C9H9ClN2O3. The number of halogens is 1. The van der Waals surface area contributed by atoms with Gasteiger partial charge in [-0.15, -0.1) is 0 Å². The van der Waals surface area contributed by atoms with E-state index < -0.39 is 17.9 Å². The predicted octanol–water partition coefficient (Wildman–Crippen LogP) is 0.939. The van der Waals surface area contributed by atoms with Crippen molar-refractivity contribution < 1.29 is 14.3 Å². The van der Waals surface area contributed by atoms with Crippen molar-refractivity contribution in [2.45, 2.75) is 19.3 Å². The summed E-state index contributed by atoms with van der Waals surface area (Å²) in [5, 5.41) is 4.46. The molecule has 1 atom stereocenters. The highest BCUT2D eigenvalue weighted by atomic mass is 35.5. The van der Waals surface area contributed by atoms with E-state index in [1.54, 1.807) is 14.0 Å². The van der Waals surface area contributed by atoms with Crippen LogP contribution in [-0.2, 0) is 21.4 Å². The maximum atomic E-state index is 11.4. The molecule has 0 amide bonds. The summed E-state index contributed by atoms with van der Waals surface area (Å²) in [6, 6.07) is 0. The molecule has 2 rings (SSSR count). The SMILES string of the molecule is Cc1nn(C)c(Cl)c1C1CC(=O)OC1=O. The van der Waals surface area contributed by atoms with E-state index in [9.17, 15) is 9.59 Å². The molecule has 1 aliphatic heterocycles. The zero-order chi connectivity index (χ0) is 11.2. The standard InChI is InChI=1S/C9H9ClN2O3/c1-4-7(8(10)12(2)11-4)5-3-6(13)15-9(5)14/h5H,3H2,1-2H3. The van der Waals surface area contributed by atoms with Gasteiger partial charge in [0.2, 0.25) is 0 Å². The lowest BCUT2D eigenvalue weighted by molar-refractivity contribution is -0.152. The summed E-state index contributed by atoms with van der Waals surface area (Å²) in [5.41, 5.74) is 1.24. The number of hydrogen-bond donors (Lipinski definition) is 0. The Kier molecular flexibility index (Phi) is 2.26. The molecule has 1 unspecified atom stereocenters. The van der Waals surface area contributed by atoms with Gasteiger partial charge in [-0.2, -0.15) is 5.10 Å². The first-order chi connectivity index (χ1) is 7.00. The van der Waals surface area contributed by atoms with E-state index in [4.69, 9.17) is 11.6 Å². The molecule has 0 aromatic carbocycles. The second-order valence-electron chi connectivity index (χ2n) is 3.46. The maximum absolute atomic E-state index is 11.4. The van der Waals surface area contributed by atoms with E-state index in [0.29, 0.717) is 16.4 Å². The lowest BCUT2D eigenvalue weighted by Crippen LogP contribution is -2.06. The van der Waals surface area contributed by atoms with Gasteiger partial charge in [0.15, 0.2) is 0 Å². The van der Waals surface area contributed by atoms with E-state index in [-0.39, 0.29) is 6.42 Å². The van der Waals surface area contributed by atoms with Gasteiger partial charge in [0, 0.05) is 12.6 Å². The van der Waals surface area contributed by atoms with E-state index in [0.717, 1.165) is 0 Å². The topological polar surface area (TPSA) is 61.2 Å². The molecule has 1 aromatic heterocycles. The number of cyclic esters (lactones) is 2. The van der Waals surface area contributed by atoms with Crippen LogP contribution in [0.25, 0.3) is 0 Å². The van der Waals surface area contributed by atoms with Crippen molar-refractivity contribution in [2.75, 3.05) is 0 Å². The summed E-state index contributed by atoms with van der Waals surface area (Å²) in [6.07, 6.45) is 0.0467. The van der Waals surface area contributed by atoms with Gasteiger partial charge in [0.25, 0.3) is 0 Å². The zero-order valence-corrected chi connectivity index (χ0v) is 9.04. The third-order valence-corrected chi connectivity index (χ3v) is 2.86. The molecule has 1 aliphatic rings.